The monoisotopic (exact) mass is 421 g/mol. The van der Waals surface area contributed by atoms with E-state index in [-0.39, 0.29) is 30.0 Å². The number of hydrogen-bond donors (Lipinski definition) is 1. The van der Waals surface area contributed by atoms with E-state index in [9.17, 15) is 4.79 Å². The summed E-state index contributed by atoms with van der Waals surface area (Å²) in [5.74, 6) is 0.153. The van der Waals surface area contributed by atoms with E-state index in [0.717, 1.165) is 24.0 Å². The molecule has 0 saturated heterocycles. The predicted molar refractivity (Wildman–Crippen MR) is 108 cm³/mol. The lowest BCUT2D eigenvalue weighted by Gasteiger charge is -2.24. The normalized spacial score (nSPS) is 22.6. The van der Waals surface area contributed by atoms with Crippen molar-refractivity contribution in [2.24, 2.45) is 16.1 Å². The van der Waals surface area contributed by atoms with E-state index < -0.39 is 0 Å². The fourth-order valence-corrected chi connectivity index (χ4v) is 3.98. The van der Waals surface area contributed by atoms with Gasteiger partial charge in [-0.2, -0.15) is 10.2 Å². The summed E-state index contributed by atoms with van der Waals surface area (Å²) >= 11 is 18.4. The number of rotatable bonds is 5. The van der Waals surface area contributed by atoms with Crippen LogP contribution >= 0.6 is 34.8 Å². The average Bonchev–Trinajstić information content (AvgIpc) is 3.39. The Morgan fingerprint density at radius 2 is 1.70 bits per heavy atom. The molecule has 2 aromatic rings. The van der Waals surface area contributed by atoms with E-state index in [1.807, 2.05) is 30.3 Å². The molecule has 1 heterocycles. The summed E-state index contributed by atoms with van der Waals surface area (Å²) in [4.78, 5) is 12.4. The van der Waals surface area contributed by atoms with Gasteiger partial charge in [0.1, 0.15) is 0 Å². The zero-order valence-electron chi connectivity index (χ0n) is 14.4. The highest BCUT2D eigenvalue weighted by molar-refractivity contribution is 6.35. The number of halogens is 3. The molecule has 0 aromatic heterocycles. The number of hydrogen-bond acceptors (Lipinski definition) is 3. The van der Waals surface area contributed by atoms with Crippen LogP contribution in [0.5, 0.6) is 0 Å². The maximum Gasteiger partial charge on any atom is 0.223 e. The van der Waals surface area contributed by atoms with Crippen molar-refractivity contribution in [3.05, 3.63) is 68.7 Å². The Balaban J connectivity index is 1.58. The topological polar surface area (TPSA) is 53.8 Å². The van der Waals surface area contributed by atoms with Crippen molar-refractivity contribution >= 4 is 40.7 Å². The molecule has 1 fully saturated rings. The summed E-state index contributed by atoms with van der Waals surface area (Å²) < 4.78 is 0. The second kappa shape index (κ2) is 7.78. The molecule has 3 unspecified atom stereocenters. The first-order valence-electron chi connectivity index (χ1n) is 8.92. The van der Waals surface area contributed by atoms with Gasteiger partial charge in [-0.05, 0) is 48.2 Å². The van der Waals surface area contributed by atoms with Crippen LogP contribution in [0.3, 0.4) is 0 Å². The highest BCUT2D eigenvalue weighted by atomic mass is 35.5. The lowest BCUT2D eigenvalue weighted by Crippen LogP contribution is -2.36. The summed E-state index contributed by atoms with van der Waals surface area (Å²) in [6.45, 7) is 0. The van der Waals surface area contributed by atoms with E-state index >= 15 is 0 Å². The number of amides is 1. The minimum Gasteiger partial charge on any atom is -0.347 e. The molecule has 0 bridgehead atoms. The molecule has 1 amide bonds. The Labute approximate surface area is 172 Å². The second-order valence-electron chi connectivity index (χ2n) is 7.03. The van der Waals surface area contributed by atoms with E-state index in [2.05, 4.69) is 15.5 Å². The van der Waals surface area contributed by atoms with E-state index in [1.54, 1.807) is 12.1 Å². The molecule has 1 saturated carbocycles. The Hall–Kier alpha value is -1.62. The summed E-state index contributed by atoms with van der Waals surface area (Å²) in [5.41, 5.74) is 1.87. The highest BCUT2D eigenvalue weighted by Gasteiger charge is 2.37. The zero-order valence-corrected chi connectivity index (χ0v) is 16.7. The van der Waals surface area contributed by atoms with Crippen LogP contribution in [-0.2, 0) is 4.79 Å². The van der Waals surface area contributed by atoms with Gasteiger partial charge in [-0.15, -0.1) is 0 Å². The van der Waals surface area contributed by atoms with Gasteiger partial charge < -0.3 is 5.32 Å². The lowest BCUT2D eigenvalue weighted by atomic mass is 9.93. The standard InChI is InChI=1S/C20H18Cl3N3O/c21-13-5-3-11(4-6-13)17-10-18(26-25-17)19(24-20(27)12-1-2-12)15-8-7-14(22)9-16(15)23/h3-9,12,17-19H,1-2,10H2,(H,24,27). The molecule has 3 atom stereocenters. The van der Waals surface area contributed by atoms with Crippen LogP contribution in [0, 0.1) is 5.92 Å². The first-order chi connectivity index (χ1) is 13.0. The summed E-state index contributed by atoms with van der Waals surface area (Å²) in [5, 5.41) is 13.8. The fourth-order valence-electron chi connectivity index (χ4n) is 3.33. The third-order valence-corrected chi connectivity index (χ3v) is 5.82. The van der Waals surface area contributed by atoms with Crippen LogP contribution in [0.2, 0.25) is 15.1 Å². The van der Waals surface area contributed by atoms with Crippen LogP contribution in [0.15, 0.2) is 52.7 Å². The highest BCUT2D eigenvalue weighted by Crippen LogP contribution is 2.39. The summed E-state index contributed by atoms with van der Waals surface area (Å²) in [6.07, 6.45) is 2.56. The van der Waals surface area contributed by atoms with Gasteiger partial charge in [0.2, 0.25) is 5.91 Å². The summed E-state index contributed by atoms with van der Waals surface area (Å²) in [7, 11) is 0. The molecule has 2 aromatic carbocycles. The largest absolute Gasteiger partial charge is 0.347 e. The molecule has 0 radical (unpaired) electrons. The third-order valence-electron chi connectivity index (χ3n) is 5.00. The van der Waals surface area contributed by atoms with Crippen LogP contribution < -0.4 is 5.32 Å². The van der Waals surface area contributed by atoms with Crippen molar-refractivity contribution in [2.75, 3.05) is 0 Å². The van der Waals surface area contributed by atoms with Gasteiger partial charge in [0.15, 0.2) is 0 Å². The first kappa shape index (κ1) is 18.7. The SMILES string of the molecule is O=C(NC(c1ccc(Cl)cc1Cl)C1CC(c2ccc(Cl)cc2)N=N1)C1CC1. The number of azo groups is 1. The van der Waals surface area contributed by atoms with Gasteiger partial charge in [-0.25, -0.2) is 0 Å². The Morgan fingerprint density at radius 1 is 1.00 bits per heavy atom. The molecule has 1 aliphatic carbocycles. The zero-order chi connectivity index (χ0) is 19.0. The van der Waals surface area contributed by atoms with Crippen molar-refractivity contribution in [1.82, 2.24) is 5.32 Å². The molecule has 7 heteroatoms. The molecule has 4 nitrogen and oxygen atoms in total. The fraction of sp³-hybridized carbons (Fsp3) is 0.350. The molecule has 0 spiro atoms. The lowest BCUT2D eigenvalue weighted by molar-refractivity contribution is -0.123. The molecule has 1 N–H and O–H groups in total. The number of carbonyl (C=O) groups excluding carboxylic acids is 1. The molecule has 1 aliphatic heterocycles. The van der Waals surface area contributed by atoms with Crippen molar-refractivity contribution in [2.45, 2.75) is 37.4 Å². The molecular weight excluding hydrogens is 405 g/mol. The number of benzene rings is 2. The van der Waals surface area contributed by atoms with Crippen LogP contribution in [-0.4, -0.2) is 11.9 Å². The van der Waals surface area contributed by atoms with Crippen molar-refractivity contribution in [1.29, 1.82) is 0 Å². The van der Waals surface area contributed by atoms with Gasteiger partial charge in [0.25, 0.3) is 0 Å². The van der Waals surface area contributed by atoms with E-state index in [0.29, 0.717) is 21.5 Å². The maximum absolute atomic E-state index is 12.4. The van der Waals surface area contributed by atoms with Gasteiger partial charge in [0.05, 0.1) is 18.1 Å². The van der Waals surface area contributed by atoms with Crippen LogP contribution in [0.4, 0.5) is 0 Å². The van der Waals surface area contributed by atoms with Crippen molar-refractivity contribution in [3.8, 4) is 0 Å². The first-order valence-corrected chi connectivity index (χ1v) is 10.1. The maximum atomic E-state index is 12.4. The Morgan fingerprint density at radius 3 is 2.37 bits per heavy atom. The van der Waals surface area contributed by atoms with Crippen LogP contribution in [0.1, 0.15) is 42.5 Å². The molecule has 140 valence electrons. The average molecular weight is 423 g/mol. The predicted octanol–water partition coefficient (Wildman–Crippen LogP) is 6.18. The molecule has 27 heavy (non-hydrogen) atoms. The van der Waals surface area contributed by atoms with Gasteiger partial charge >= 0.3 is 0 Å². The molecule has 4 rings (SSSR count). The van der Waals surface area contributed by atoms with E-state index in [4.69, 9.17) is 34.8 Å². The number of nitrogens with one attached hydrogen (secondary N) is 1. The van der Waals surface area contributed by atoms with Gasteiger partial charge in [-0.1, -0.05) is 53.0 Å². The molecule has 2 aliphatic rings. The van der Waals surface area contributed by atoms with Crippen molar-refractivity contribution in [3.63, 3.8) is 0 Å². The minimum atomic E-state index is -0.330. The molecular formula is C20H18Cl3N3O. The second-order valence-corrected chi connectivity index (χ2v) is 8.31. The number of carbonyl (C=O) groups is 1. The summed E-state index contributed by atoms with van der Waals surface area (Å²) in [6, 6.07) is 12.4. The van der Waals surface area contributed by atoms with E-state index in [1.165, 1.54) is 0 Å². The minimum absolute atomic E-state index is 0.0520. The smallest absolute Gasteiger partial charge is 0.223 e. The van der Waals surface area contributed by atoms with Gasteiger partial charge in [0, 0.05) is 27.4 Å². The van der Waals surface area contributed by atoms with Crippen molar-refractivity contribution < 1.29 is 4.79 Å². The van der Waals surface area contributed by atoms with Crippen LogP contribution in [0.25, 0.3) is 0 Å². The van der Waals surface area contributed by atoms with Gasteiger partial charge in [-0.3, -0.25) is 4.79 Å². The Bertz CT molecular complexity index is 881. The number of nitrogens with zero attached hydrogens (tertiary/aromatic N) is 2. The quantitative estimate of drug-likeness (QED) is 0.614. The third kappa shape index (κ3) is 4.29. The Kier molecular flexibility index (Phi) is 5.40.